The zero-order chi connectivity index (χ0) is 20.7. The second-order valence-corrected chi connectivity index (χ2v) is 7.59. The largest absolute Gasteiger partial charge is 0.356 e. The Balaban J connectivity index is 1.46. The number of rotatable bonds is 4. The second-order valence-electron chi connectivity index (χ2n) is 7.16. The number of hydrogen-bond donors (Lipinski definition) is 1. The van der Waals surface area contributed by atoms with Crippen molar-refractivity contribution in [2.75, 3.05) is 11.4 Å². The highest BCUT2D eigenvalue weighted by molar-refractivity contribution is 6.30. The van der Waals surface area contributed by atoms with Gasteiger partial charge in [0.05, 0.1) is 12.2 Å². The van der Waals surface area contributed by atoms with Gasteiger partial charge in [0, 0.05) is 41.4 Å². The van der Waals surface area contributed by atoms with Crippen molar-refractivity contribution in [3.63, 3.8) is 0 Å². The normalized spacial score (nSPS) is 14.5. The van der Waals surface area contributed by atoms with Crippen LogP contribution in [0, 0.1) is 0 Å². The van der Waals surface area contributed by atoms with Gasteiger partial charge in [0.25, 0.3) is 5.56 Å². The molecule has 9 nitrogen and oxygen atoms in total. The van der Waals surface area contributed by atoms with Crippen LogP contribution < -0.4 is 10.5 Å². The van der Waals surface area contributed by atoms with Crippen LogP contribution in [0.15, 0.2) is 51.9 Å². The van der Waals surface area contributed by atoms with Crippen molar-refractivity contribution in [1.82, 2.24) is 30.1 Å². The number of aromatic amines is 1. The summed E-state index contributed by atoms with van der Waals surface area (Å²) in [5.74, 6) is 2.02. The highest BCUT2D eigenvalue weighted by Gasteiger charge is 2.29. The molecule has 1 aromatic carbocycles. The predicted molar refractivity (Wildman–Crippen MR) is 111 cm³/mol. The Morgan fingerprint density at radius 2 is 2.07 bits per heavy atom. The number of hydrogen-bond acceptors (Lipinski definition) is 7. The summed E-state index contributed by atoms with van der Waals surface area (Å²) in [6.45, 7) is 3.63. The summed E-state index contributed by atoms with van der Waals surface area (Å²) in [7, 11) is 0. The molecule has 0 aliphatic carbocycles. The van der Waals surface area contributed by atoms with Crippen LogP contribution in [0.3, 0.4) is 0 Å². The molecule has 1 aliphatic rings. The van der Waals surface area contributed by atoms with E-state index in [1.807, 2.05) is 34.9 Å². The molecule has 3 aromatic heterocycles. The second kappa shape index (κ2) is 7.42. The molecule has 0 spiro atoms. The van der Waals surface area contributed by atoms with Gasteiger partial charge in [-0.05, 0) is 25.5 Å². The summed E-state index contributed by atoms with van der Waals surface area (Å²) in [4.78, 5) is 13.8. The SMILES string of the molecule is CC(c1cc(-c2cccc(Cl)c2)on1)N1CCCn2c(-c3cn[nH]c(=O)c3)nnc21. The molecule has 4 aromatic rings. The molecular weight excluding hydrogens is 406 g/mol. The molecule has 0 amide bonds. The molecule has 0 radical (unpaired) electrons. The summed E-state index contributed by atoms with van der Waals surface area (Å²) in [6, 6.07) is 10.8. The molecular formula is C20H18ClN7O2. The van der Waals surface area contributed by atoms with Gasteiger partial charge in [0.2, 0.25) is 5.95 Å². The van der Waals surface area contributed by atoms with Crippen LogP contribution in [0.2, 0.25) is 5.02 Å². The smallest absolute Gasteiger partial charge is 0.264 e. The van der Waals surface area contributed by atoms with E-state index >= 15 is 0 Å². The number of halogens is 1. The third-order valence-electron chi connectivity index (χ3n) is 5.23. The van der Waals surface area contributed by atoms with Gasteiger partial charge >= 0.3 is 0 Å². The van der Waals surface area contributed by atoms with Crippen LogP contribution in [0.4, 0.5) is 5.95 Å². The fourth-order valence-electron chi connectivity index (χ4n) is 3.71. The van der Waals surface area contributed by atoms with Crippen LogP contribution >= 0.6 is 11.6 Å². The molecule has 1 atom stereocenters. The zero-order valence-electron chi connectivity index (χ0n) is 16.1. The number of fused-ring (bicyclic) bond motifs is 1. The Morgan fingerprint density at radius 3 is 2.90 bits per heavy atom. The molecule has 152 valence electrons. The molecule has 0 saturated heterocycles. The fourth-order valence-corrected chi connectivity index (χ4v) is 3.90. The third kappa shape index (κ3) is 3.26. The number of anilines is 1. The minimum atomic E-state index is -0.276. The maximum absolute atomic E-state index is 11.6. The summed E-state index contributed by atoms with van der Waals surface area (Å²) < 4.78 is 7.58. The van der Waals surface area contributed by atoms with Gasteiger partial charge in [-0.3, -0.25) is 9.36 Å². The average molecular weight is 424 g/mol. The Labute approximate surface area is 176 Å². The average Bonchev–Trinajstić information content (AvgIpc) is 3.41. The number of aromatic nitrogens is 6. The number of nitrogens with zero attached hydrogens (tertiary/aromatic N) is 6. The molecule has 30 heavy (non-hydrogen) atoms. The van der Waals surface area contributed by atoms with Crippen LogP contribution in [0.25, 0.3) is 22.7 Å². The van der Waals surface area contributed by atoms with E-state index in [0.29, 0.717) is 22.2 Å². The predicted octanol–water partition coefficient (Wildman–Crippen LogP) is 3.31. The topological polar surface area (TPSA) is 106 Å². The van der Waals surface area contributed by atoms with E-state index in [0.717, 1.165) is 36.7 Å². The summed E-state index contributed by atoms with van der Waals surface area (Å²) in [5, 5.41) is 19.9. The van der Waals surface area contributed by atoms with Crippen molar-refractivity contribution in [2.45, 2.75) is 25.9 Å². The monoisotopic (exact) mass is 423 g/mol. The minimum Gasteiger partial charge on any atom is -0.356 e. The summed E-state index contributed by atoms with van der Waals surface area (Å²) >= 11 is 6.09. The van der Waals surface area contributed by atoms with E-state index in [4.69, 9.17) is 16.1 Å². The van der Waals surface area contributed by atoms with Gasteiger partial charge in [-0.1, -0.05) is 28.9 Å². The maximum Gasteiger partial charge on any atom is 0.264 e. The summed E-state index contributed by atoms with van der Waals surface area (Å²) in [6.07, 6.45) is 2.49. The molecule has 0 fully saturated rings. The van der Waals surface area contributed by atoms with Crippen molar-refractivity contribution < 1.29 is 4.52 Å². The molecule has 10 heteroatoms. The van der Waals surface area contributed by atoms with Gasteiger partial charge in [-0.15, -0.1) is 10.2 Å². The van der Waals surface area contributed by atoms with Gasteiger partial charge < -0.3 is 9.42 Å². The fraction of sp³-hybridized carbons (Fsp3) is 0.250. The Bertz CT molecular complexity index is 1260. The first kappa shape index (κ1) is 18.6. The van der Waals surface area contributed by atoms with Crippen LogP contribution in [-0.2, 0) is 6.54 Å². The van der Waals surface area contributed by atoms with Gasteiger partial charge in [-0.25, -0.2) is 5.10 Å². The summed E-state index contributed by atoms with van der Waals surface area (Å²) in [5.41, 5.74) is 2.03. The van der Waals surface area contributed by atoms with E-state index in [1.54, 1.807) is 6.20 Å². The lowest BCUT2D eigenvalue weighted by Gasteiger charge is -2.32. The van der Waals surface area contributed by atoms with Gasteiger partial charge in [-0.2, -0.15) is 5.10 Å². The molecule has 1 N–H and O–H groups in total. The Morgan fingerprint density at radius 1 is 1.17 bits per heavy atom. The third-order valence-corrected chi connectivity index (χ3v) is 5.46. The lowest BCUT2D eigenvalue weighted by atomic mass is 10.1. The number of H-pyrrole nitrogens is 1. The standard InChI is InChI=1S/C20H18ClN7O2/c1-12(16-10-17(30-26-16)13-4-2-5-15(21)8-13)27-6-3-7-28-19(24-25-20(27)28)14-9-18(29)23-22-11-14/h2,4-5,8-12H,3,6-7H2,1H3,(H,23,29). The molecule has 1 unspecified atom stereocenters. The van der Waals surface area contributed by atoms with Crippen molar-refractivity contribution in [1.29, 1.82) is 0 Å². The molecule has 4 heterocycles. The molecule has 5 rings (SSSR count). The first-order valence-electron chi connectivity index (χ1n) is 9.57. The Hall–Kier alpha value is -3.46. The van der Waals surface area contributed by atoms with Crippen LogP contribution in [0.1, 0.15) is 25.1 Å². The van der Waals surface area contributed by atoms with Gasteiger partial charge in [0.15, 0.2) is 11.6 Å². The molecule has 0 bridgehead atoms. The van der Waals surface area contributed by atoms with E-state index in [9.17, 15) is 4.79 Å². The van der Waals surface area contributed by atoms with Crippen LogP contribution in [0.5, 0.6) is 0 Å². The quantitative estimate of drug-likeness (QED) is 0.536. The van der Waals surface area contributed by atoms with Crippen molar-refractivity contribution in [3.8, 4) is 22.7 Å². The van der Waals surface area contributed by atoms with E-state index in [2.05, 4.69) is 37.4 Å². The highest BCUT2D eigenvalue weighted by Crippen LogP contribution is 2.33. The lowest BCUT2D eigenvalue weighted by molar-refractivity contribution is 0.412. The van der Waals surface area contributed by atoms with Crippen molar-refractivity contribution in [2.24, 2.45) is 0 Å². The van der Waals surface area contributed by atoms with Crippen molar-refractivity contribution in [3.05, 3.63) is 63.7 Å². The van der Waals surface area contributed by atoms with Crippen molar-refractivity contribution >= 4 is 17.5 Å². The number of benzene rings is 1. The van der Waals surface area contributed by atoms with Gasteiger partial charge in [0.1, 0.15) is 5.69 Å². The van der Waals surface area contributed by atoms with Crippen LogP contribution in [-0.4, -0.2) is 36.7 Å². The first-order chi connectivity index (χ1) is 14.6. The zero-order valence-corrected chi connectivity index (χ0v) is 16.9. The molecule has 1 aliphatic heterocycles. The lowest BCUT2D eigenvalue weighted by Crippen LogP contribution is -2.35. The minimum absolute atomic E-state index is 0.0740. The van der Waals surface area contributed by atoms with E-state index < -0.39 is 0 Å². The first-order valence-corrected chi connectivity index (χ1v) is 9.95. The van der Waals surface area contributed by atoms with E-state index in [1.165, 1.54) is 6.07 Å². The van der Waals surface area contributed by atoms with E-state index in [-0.39, 0.29) is 11.6 Å². The number of nitrogens with one attached hydrogen (secondary N) is 1. The molecule has 0 saturated carbocycles. The maximum atomic E-state index is 11.6. The highest BCUT2D eigenvalue weighted by atomic mass is 35.5. The Kier molecular flexibility index (Phi) is 4.59.